The first-order valence-corrected chi connectivity index (χ1v) is 19.7. The molecule has 4 atom stereocenters. The van der Waals surface area contributed by atoms with Crippen molar-refractivity contribution < 1.29 is 54.9 Å². The van der Waals surface area contributed by atoms with Gasteiger partial charge in [0.25, 0.3) is 0 Å². The van der Waals surface area contributed by atoms with Crippen LogP contribution in [0.3, 0.4) is 0 Å². The third-order valence-corrected chi connectivity index (χ3v) is 35.0. The number of halogens is 2. The maximum absolute atomic E-state index is 2.57. The van der Waals surface area contributed by atoms with E-state index in [0.29, 0.717) is 0 Å². The van der Waals surface area contributed by atoms with Crippen LogP contribution in [-0.4, -0.2) is 5.92 Å². The van der Waals surface area contributed by atoms with Gasteiger partial charge in [-0.05, 0) is 0 Å². The molecule has 143 valence electrons. The normalized spacial score (nSPS) is 31.5. The fourth-order valence-electron chi connectivity index (χ4n) is 6.12. The Balaban J connectivity index is 0.00000121. The molecule has 0 aromatic carbocycles. The van der Waals surface area contributed by atoms with Gasteiger partial charge in [0.05, 0.1) is 0 Å². The van der Waals surface area contributed by atoms with Crippen molar-refractivity contribution in [2.24, 2.45) is 11.8 Å². The number of fused-ring (bicyclic) bond motifs is 2. The smallest absolute Gasteiger partial charge is 1.00 e. The molecule has 0 aromatic heterocycles. The summed E-state index contributed by atoms with van der Waals surface area (Å²) in [5.74, 6) is 1.40. The molecule has 2 fully saturated rings. The number of allylic oxidation sites excluding steroid dienone is 8. The van der Waals surface area contributed by atoms with E-state index in [0.717, 1.165) is 19.1 Å². The Hall–Kier alpha value is 1.02. The summed E-state index contributed by atoms with van der Waals surface area (Å²) < 4.78 is 2.24. The average Bonchev–Trinajstić information content (AvgIpc) is 3.24. The minimum Gasteiger partial charge on any atom is -1.00 e. The molecular formula is C22H33Br2SiZr. The van der Waals surface area contributed by atoms with Crippen molar-refractivity contribution in [3.63, 3.8) is 0 Å². The van der Waals surface area contributed by atoms with Crippen LogP contribution in [0.5, 0.6) is 0 Å². The van der Waals surface area contributed by atoms with Crippen LogP contribution >= 0.6 is 0 Å². The van der Waals surface area contributed by atoms with Crippen LogP contribution in [0, 0.1) is 11.8 Å². The summed E-state index contributed by atoms with van der Waals surface area (Å²) in [6.45, 7) is 5.09. The van der Waals surface area contributed by atoms with Gasteiger partial charge in [0.2, 0.25) is 0 Å². The second-order valence-corrected chi connectivity index (χ2v) is 27.2. The summed E-state index contributed by atoms with van der Waals surface area (Å²) in [6.07, 6.45) is 23.6. The van der Waals surface area contributed by atoms with Gasteiger partial charge in [0.15, 0.2) is 0 Å². The Kier molecular flexibility index (Phi) is 9.59. The summed E-state index contributed by atoms with van der Waals surface area (Å²) in [4.78, 5) is 0. The maximum atomic E-state index is 2.57. The van der Waals surface area contributed by atoms with Gasteiger partial charge >= 0.3 is 158 Å². The zero-order chi connectivity index (χ0) is 16.5. The topological polar surface area (TPSA) is 0 Å². The Bertz CT molecular complexity index is 545. The number of rotatable bonds is 5. The molecule has 0 heterocycles. The third kappa shape index (κ3) is 4.44. The average molecular weight is 577 g/mol. The summed E-state index contributed by atoms with van der Waals surface area (Å²) in [7, 11) is 0. The van der Waals surface area contributed by atoms with E-state index in [4.69, 9.17) is 0 Å². The van der Waals surface area contributed by atoms with E-state index in [2.05, 4.69) is 50.3 Å². The van der Waals surface area contributed by atoms with Crippen molar-refractivity contribution in [1.82, 2.24) is 0 Å². The van der Waals surface area contributed by atoms with E-state index in [1.54, 1.807) is 24.9 Å². The minimum absolute atomic E-state index is 0. The van der Waals surface area contributed by atoms with Gasteiger partial charge in [-0.2, -0.15) is 0 Å². The molecular weight excluding hydrogens is 543 g/mol. The van der Waals surface area contributed by atoms with Gasteiger partial charge in [0.1, 0.15) is 0 Å². The molecule has 0 aliphatic heterocycles. The Morgan fingerprint density at radius 2 is 1.27 bits per heavy atom. The predicted molar refractivity (Wildman–Crippen MR) is 105 cm³/mol. The van der Waals surface area contributed by atoms with Gasteiger partial charge in [0, 0.05) is 0 Å². The predicted octanol–water partition coefficient (Wildman–Crippen LogP) is 0.546. The van der Waals surface area contributed by atoms with Crippen LogP contribution in [-0.2, 0) is 20.9 Å². The molecule has 4 rings (SSSR count). The van der Waals surface area contributed by atoms with Crippen LogP contribution in [0.4, 0.5) is 0 Å². The summed E-state index contributed by atoms with van der Waals surface area (Å²) >= 11 is -1.43. The Labute approximate surface area is 190 Å². The van der Waals surface area contributed by atoms with Crippen LogP contribution in [0.15, 0.2) is 47.6 Å². The quantitative estimate of drug-likeness (QED) is 0.420. The first kappa shape index (κ1) is 23.3. The molecule has 4 heteroatoms. The minimum atomic E-state index is -1.43. The van der Waals surface area contributed by atoms with Crippen molar-refractivity contribution in [2.75, 3.05) is 0 Å². The van der Waals surface area contributed by atoms with Crippen molar-refractivity contribution in [1.29, 1.82) is 0 Å². The van der Waals surface area contributed by atoms with Gasteiger partial charge < -0.3 is 34.0 Å². The molecule has 4 aliphatic rings. The van der Waals surface area contributed by atoms with Crippen LogP contribution in [0.2, 0.25) is 19.3 Å². The van der Waals surface area contributed by atoms with Gasteiger partial charge in [-0.1, -0.05) is 0 Å². The molecule has 0 amide bonds. The Morgan fingerprint density at radius 1 is 0.808 bits per heavy atom. The SMILES string of the molecule is CC[SiH](CC)[Zr+2]([CH]1CCC2CC=CC=C21)[CH]1CCC2CC=CC=C21.[Br-].[Br-]. The van der Waals surface area contributed by atoms with E-state index in [-0.39, 0.29) is 34.0 Å². The van der Waals surface area contributed by atoms with Gasteiger partial charge in [-0.25, -0.2) is 0 Å². The van der Waals surface area contributed by atoms with E-state index in [1.807, 2.05) is 11.1 Å². The van der Waals surface area contributed by atoms with Gasteiger partial charge in [-0.15, -0.1) is 0 Å². The molecule has 0 spiro atoms. The second-order valence-electron chi connectivity index (χ2n) is 8.33. The van der Waals surface area contributed by atoms with Gasteiger partial charge in [-0.3, -0.25) is 0 Å². The number of hydrogen-bond donors (Lipinski definition) is 0. The molecule has 0 nitrogen and oxygen atoms in total. The molecule has 0 aromatic rings. The van der Waals surface area contributed by atoms with Crippen molar-refractivity contribution >= 4 is 5.92 Å². The van der Waals surface area contributed by atoms with Crippen molar-refractivity contribution in [2.45, 2.75) is 71.7 Å². The van der Waals surface area contributed by atoms with Crippen molar-refractivity contribution in [3.8, 4) is 0 Å². The van der Waals surface area contributed by atoms with E-state index in [9.17, 15) is 0 Å². The van der Waals surface area contributed by atoms with E-state index < -0.39 is 26.8 Å². The van der Waals surface area contributed by atoms with Crippen LogP contribution in [0.1, 0.15) is 52.4 Å². The summed E-state index contributed by atoms with van der Waals surface area (Å²) in [6, 6.07) is 3.17. The first-order chi connectivity index (χ1) is 11.8. The largest absolute Gasteiger partial charge is 1.00 e. The summed E-state index contributed by atoms with van der Waals surface area (Å²) in [5, 5.41) is 0. The zero-order valence-electron chi connectivity index (χ0n) is 16.3. The third-order valence-electron chi connectivity index (χ3n) is 7.31. The fraction of sp³-hybridized carbons (Fsp3) is 0.636. The van der Waals surface area contributed by atoms with E-state index >= 15 is 0 Å². The Morgan fingerprint density at radius 3 is 1.69 bits per heavy atom. The van der Waals surface area contributed by atoms with E-state index in [1.165, 1.54) is 25.7 Å². The molecule has 4 unspecified atom stereocenters. The molecule has 4 aliphatic carbocycles. The molecule has 26 heavy (non-hydrogen) atoms. The monoisotopic (exact) mass is 573 g/mol. The van der Waals surface area contributed by atoms with Crippen LogP contribution < -0.4 is 34.0 Å². The molecule has 0 bridgehead atoms. The second kappa shape index (κ2) is 10.7. The van der Waals surface area contributed by atoms with Crippen molar-refractivity contribution in [3.05, 3.63) is 47.6 Å². The summed E-state index contributed by atoms with van der Waals surface area (Å²) in [5.41, 5.74) is 3.89. The zero-order valence-corrected chi connectivity index (χ0v) is 23.0. The maximum Gasteiger partial charge on any atom is -1.00 e. The molecule has 0 radical (unpaired) electrons. The fourth-order valence-corrected chi connectivity index (χ4v) is 35.5. The molecule has 0 saturated heterocycles. The van der Waals surface area contributed by atoms with Crippen LogP contribution in [0.25, 0.3) is 0 Å². The molecule has 0 N–H and O–H groups in total. The number of hydrogen-bond acceptors (Lipinski definition) is 0. The molecule has 2 saturated carbocycles. The first-order valence-electron chi connectivity index (χ1n) is 10.4. The standard InChI is InChI=1S/2C9H11.C4H11Si.2BrH.Zr/c2*1-2-5-9-7-3-6-8(9)4-1;1-3-5-4-2;;;/h2*1-2,4,6,9H,3,5,7H2;5H,3-4H2,1-2H3;2*1H;/q;;;;;+2/p-2.